The highest BCUT2D eigenvalue weighted by molar-refractivity contribution is 7.15. The molecule has 3 aliphatic rings. The van der Waals surface area contributed by atoms with Gasteiger partial charge in [-0.2, -0.15) is 0 Å². The van der Waals surface area contributed by atoms with Gasteiger partial charge < -0.3 is 19.9 Å². The van der Waals surface area contributed by atoms with Gasteiger partial charge in [0.05, 0.1) is 17.2 Å². The number of thiazole rings is 1. The van der Waals surface area contributed by atoms with Crippen LogP contribution < -0.4 is 4.90 Å². The Balaban J connectivity index is 1.40. The number of allylic oxidation sites excluding steroid dienone is 2. The van der Waals surface area contributed by atoms with Crippen LogP contribution in [0.15, 0.2) is 42.4 Å². The monoisotopic (exact) mass is 475 g/mol. The number of H-pyrrole nitrogens is 1. The maximum Gasteiger partial charge on any atom is 0.407 e. The van der Waals surface area contributed by atoms with Gasteiger partial charge in [-0.1, -0.05) is 12.2 Å². The molecule has 2 unspecified atom stereocenters. The molecule has 1 amide bonds. The summed E-state index contributed by atoms with van der Waals surface area (Å²) in [4.78, 5) is 28.5. The number of amides is 1. The quantitative estimate of drug-likeness (QED) is 0.541. The second-order valence-corrected chi connectivity index (χ2v) is 10.9. The van der Waals surface area contributed by atoms with E-state index in [4.69, 9.17) is 0 Å². The number of aromatic nitrogens is 3. The summed E-state index contributed by atoms with van der Waals surface area (Å²) in [7, 11) is 0. The molecule has 8 heteroatoms. The molecule has 7 nitrogen and oxygen atoms in total. The van der Waals surface area contributed by atoms with E-state index in [9.17, 15) is 9.90 Å². The summed E-state index contributed by atoms with van der Waals surface area (Å²) in [5.41, 5.74) is 5.62. The van der Waals surface area contributed by atoms with Crippen molar-refractivity contribution in [2.45, 2.75) is 39.2 Å². The van der Waals surface area contributed by atoms with Crippen LogP contribution in [0.5, 0.6) is 0 Å². The van der Waals surface area contributed by atoms with E-state index >= 15 is 0 Å². The molecule has 3 aromatic heterocycles. The first-order valence-corrected chi connectivity index (χ1v) is 12.8. The van der Waals surface area contributed by atoms with E-state index in [0.29, 0.717) is 18.4 Å². The Labute approximate surface area is 202 Å². The third-order valence-electron chi connectivity index (χ3n) is 7.68. The number of carbonyl (C=O) groups is 1. The predicted molar refractivity (Wildman–Crippen MR) is 135 cm³/mol. The van der Waals surface area contributed by atoms with Crippen LogP contribution in [0.2, 0.25) is 0 Å². The number of likely N-dealkylation sites (tertiary alicyclic amines) is 1. The molecule has 5 heterocycles. The number of anilines is 1. The van der Waals surface area contributed by atoms with Crippen LogP contribution >= 0.6 is 11.3 Å². The van der Waals surface area contributed by atoms with Gasteiger partial charge in [0.25, 0.3) is 0 Å². The third-order valence-corrected chi connectivity index (χ3v) is 8.65. The molecular weight excluding hydrogens is 446 g/mol. The molecular formula is C26H29N5O2S. The Morgan fingerprint density at radius 1 is 1.21 bits per heavy atom. The summed E-state index contributed by atoms with van der Waals surface area (Å²) in [5.74, 6) is 0.690. The van der Waals surface area contributed by atoms with Gasteiger partial charge in [0.15, 0.2) is 0 Å². The normalized spacial score (nSPS) is 24.8. The number of piperidine rings is 1. The van der Waals surface area contributed by atoms with Gasteiger partial charge >= 0.3 is 6.09 Å². The molecule has 0 saturated carbocycles. The van der Waals surface area contributed by atoms with E-state index in [2.05, 4.69) is 45.0 Å². The second-order valence-electron chi connectivity index (χ2n) is 9.71. The Kier molecular flexibility index (Phi) is 5.21. The predicted octanol–water partition coefficient (Wildman–Crippen LogP) is 5.24. The van der Waals surface area contributed by atoms with Crippen molar-refractivity contribution in [3.63, 3.8) is 0 Å². The molecule has 3 atom stereocenters. The van der Waals surface area contributed by atoms with E-state index in [1.54, 1.807) is 16.2 Å². The molecule has 0 spiro atoms. The molecule has 6 rings (SSSR count). The number of aromatic amines is 1. The van der Waals surface area contributed by atoms with E-state index < -0.39 is 6.09 Å². The average Bonchev–Trinajstić information content (AvgIpc) is 3.58. The number of hydrogen-bond donors (Lipinski definition) is 2. The third kappa shape index (κ3) is 3.60. The summed E-state index contributed by atoms with van der Waals surface area (Å²) >= 11 is 1.75. The van der Waals surface area contributed by atoms with Gasteiger partial charge in [-0.15, -0.1) is 11.3 Å². The lowest BCUT2D eigenvalue weighted by molar-refractivity contribution is 0.142. The van der Waals surface area contributed by atoms with Gasteiger partial charge in [-0.05, 0) is 61.8 Å². The molecule has 176 valence electrons. The molecule has 0 radical (unpaired) electrons. The first-order valence-electron chi connectivity index (χ1n) is 12.0. The van der Waals surface area contributed by atoms with Crippen molar-refractivity contribution >= 4 is 39.0 Å². The van der Waals surface area contributed by atoms with E-state index in [1.807, 2.05) is 25.5 Å². The van der Waals surface area contributed by atoms with E-state index in [-0.39, 0.29) is 6.04 Å². The van der Waals surface area contributed by atoms with Crippen LogP contribution in [0.4, 0.5) is 9.80 Å². The average molecular weight is 476 g/mol. The molecule has 2 fully saturated rings. The molecule has 2 saturated heterocycles. The number of fused-ring (bicyclic) bond motifs is 2. The minimum atomic E-state index is -0.806. The fraction of sp³-hybridized carbons (Fsp3) is 0.423. The minimum Gasteiger partial charge on any atom is -0.465 e. The van der Waals surface area contributed by atoms with Crippen LogP contribution in [-0.4, -0.2) is 56.7 Å². The van der Waals surface area contributed by atoms with Crippen molar-refractivity contribution in [1.82, 2.24) is 19.9 Å². The minimum absolute atomic E-state index is 0.0309. The highest BCUT2D eigenvalue weighted by Gasteiger charge is 2.41. The topological polar surface area (TPSA) is 85.3 Å². The van der Waals surface area contributed by atoms with Crippen molar-refractivity contribution in [1.29, 1.82) is 0 Å². The molecule has 0 aromatic carbocycles. The van der Waals surface area contributed by atoms with Gasteiger partial charge in [0.1, 0.15) is 10.6 Å². The van der Waals surface area contributed by atoms with Gasteiger partial charge in [-0.3, -0.25) is 0 Å². The zero-order valence-corrected chi connectivity index (χ0v) is 20.3. The lowest BCUT2D eigenvalue weighted by Crippen LogP contribution is -2.45. The van der Waals surface area contributed by atoms with Crippen LogP contribution in [0.1, 0.15) is 35.4 Å². The number of hydrogen-bond acceptors (Lipinski definition) is 5. The molecule has 0 bridgehead atoms. The molecule has 2 N–H and O–H groups in total. The van der Waals surface area contributed by atoms with Gasteiger partial charge in [0, 0.05) is 48.9 Å². The van der Waals surface area contributed by atoms with E-state index in [1.165, 1.54) is 16.1 Å². The first kappa shape index (κ1) is 21.4. The van der Waals surface area contributed by atoms with Crippen LogP contribution in [-0.2, 0) is 0 Å². The van der Waals surface area contributed by atoms with Crippen LogP contribution in [0.25, 0.3) is 16.6 Å². The highest BCUT2D eigenvalue weighted by atomic mass is 32.1. The first-order chi connectivity index (χ1) is 16.5. The number of aryl methyl sites for hydroxylation is 2. The zero-order valence-electron chi connectivity index (χ0n) is 19.5. The van der Waals surface area contributed by atoms with Gasteiger partial charge in [0.2, 0.25) is 0 Å². The molecule has 1 aliphatic carbocycles. The van der Waals surface area contributed by atoms with Crippen molar-refractivity contribution in [2.24, 2.45) is 11.8 Å². The van der Waals surface area contributed by atoms with Crippen molar-refractivity contribution in [3.05, 3.63) is 58.5 Å². The maximum absolute atomic E-state index is 12.0. The summed E-state index contributed by atoms with van der Waals surface area (Å²) < 4.78 is 0. The summed E-state index contributed by atoms with van der Waals surface area (Å²) in [6.07, 6.45) is 12.6. The molecule has 2 aliphatic heterocycles. The summed E-state index contributed by atoms with van der Waals surface area (Å²) in [6, 6.07) is 2.18. The fourth-order valence-corrected chi connectivity index (χ4v) is 6.79. The Hall–Kier alpha value is -3.13. The van der Waals surface area contributed by atoms with Crippen molar-refractivity contribution in [3.8, 4) is 0 Å². The number of nitrogens with one attached hydrogen (secondary N) is 1. The smallest absolute Gasteiger partial charge is 0.407 e. The second kappa shape index (κ2) is 8.27. The highest BCUT2D eigenvalue weighted by Crippen LogP contribution is 2.44. The standard InChI is InChI=1S/C26H29N5O2S/c1-15-11-28-25-21(15)10-18(12-29-25)17-8-19-14-30(24-13-27-16(2)34-24)7-5-20(19)22(9-17)23-4-3-6-31(23)26(32)33/h8-13,19-20,23H,3-7,14H2,1-2H3,(H,28,29)(H,32,33)/t19?,20?,23-/m0/s1. The largest absolute Gasteiger partial charge is 0.465 e. The molecule has 3 aromatic rings. The molecule has 34 heavy (non-hydrogen) atoms. The number of nitrogens with zero attached hydrogens (tertiary/aromatic N) is 4. The summed E-state index contributed by atoms with van der Waals surface area (Å²) in [6.45, 7) is 6.66. The zero-order chi connectivity index (χ0) is 23.4. The van der Waals surface area contributed by atoms with Crippen molar-refractivity contribution < 1.29 is 9.90 Å². The Morgan fingerprint density at radius 2 is 2.09 bits per heavy atom. The lowest BCUT2D eigenvalue weighted by Gasteiger charge is -2.43. The fourth-order valence-electron chi connectivity index (χ4n) is 5.98. The van der Waals surface area contributed by atoms with Crippen LogP contribution in [0, 0.1) is 25.7 Å². The summed E-state index contributed by atoms with van der Waals surface area (Å²) in [5, 5.41) is 13.3. The van der Waals surface area contributed by atoms with Gasteiger partial charge in [-0.25, -0.2) is 14.8 Å². The lowest BCUT2D eigenvalue weighted by atomic mass is 9.72. The van der Waals surface area contributed by atoms with Crippen LogP contribution in [0.3, 0.4) is 0 Å². The number of carboxylic acid groups (broad SMARTS) is 1. The maximum atomic E-state index is 12.0. The Bertz CT molecular complexity index is 1320. The van der Waals surface area contributed by atoms with Crippen molar-refractivity contribution in [2.75, 3.05) is 24.5 Å². The number of pyridine rings is 1. The van der Waals surface area contributed by atoms with E-state index in [0.717, 1.165) is 59.5 Å². The SMILES string of the molecule is Cc1ncc(N2CCC3C([C@@H]4CCCN4C(=O)O)=CC(c4cnc5[nH]cc(C)c5c4)=CC3C2)s1. The Morgan fingerprint density at radius 3 is 2.88 bits per heavy atom. The number of rotatable bonds is 3.